The molecule has 1 aliphatic rings. The van der Waals surface area contributed by atoms with Crippen LogP contribution in [0.1, 0.15) is 38.8 Å². The predicted molar refractivity (Wildman–Crippen MR) is 73.5 cm³/mol. The standard InChI is InChI=1S/C15H20N2O2/c1-10(2)9-13-14(18)17(15(19)16-13)11(3)12-7-5-4-6-8-12/h4-8,10-11,13H,9H2,1-3H3,(H,16,19)/t11-,13-/m0/s1. The van der Waals surface area contributed by atoms with E-state index in [1.54, 1.807) is 0 Å². The quantitative estimate of drug-likeness (QED) is 0.846. The summed E-state index contributed by atoms with van der Waals surface area (Å²) in [7, 11) is 0. The molecule has 102 valence electrons. The van der Waals surface area contributed by atoms with Crippen molar-refractivity contribution in [1.82, 2.24) is 10.2 Å². The summed E-state index contributed by atoms with van der Waals surface area (Å²) in [6.07, 6.45) is 0.683. The number of nitrogens with zero attached hydrogens (tertiary/aromatic N) is 1. The third-order valence-electron chi connectivity index (χ3n) is 3.43. The van der Waals surface area contributed by atoms with Gasteiger partial charge in [-0.05, 0) is 24.8 Å². The van der Waals surface area contributed by atoms with Gasteiger partial charge >= 0.3 is 6.03 Å². The summed E-state index contributed by atoms with van der Waals surface area (Å²) >= 11 is 0. The molecule has 0 bridgehead atoms. The molecule has 4 heteroatoms. The SMILES string of the molecule is CC(C)C[C@@H]1NC(=O)N([C@@H](C)c2ccccc2)C1=O. The molecule has 0 aliphatic carbocycles. The fourth-order valence-corrected chi connectivity index (χ4v) is 2.43. The Morgan fingerprint density at radius 3 is 2.37 bits per heavy atom. The Labute approximate surface area is 113 Å². The van der Waals surface area contributed by atoms with E-state index in [9.17, 15) is 9.59 Å². The van der Waals surface area contributed by atoms with Crippen molar-refractivity contribution in [3.05, 3.63) is 35.9 Å². The molecular formula is C15H20N2O2. The number of carbonyl (C=O) groups excluding carboxylic acids is 2. The number of amides is 3. The molecular weight excluding hydrogens is 240 g/mol. The first-order valence-corrected chi connectivity index (χ1v) is 6.69. The monoisotopic (exact) mass is 260 g/mol. The molecule has 1 aromatic carbocycles. The summed E-state index contributed by atoms with van der Waals surface area (Å²) in [5.41, 5.74) is 0.969. The van der Waals surface area contributed by atoms with Crippen molar-refractivity contribution < 1.29 is 9.59 Å². The summed E-state index contributed by atoms with van der Waals surface area (Å²) in [4.78, 5) is 25.6. The number of rotatable bonds is 4. The van der Waals surface area contributed by atoms with Crippen molar-refractivity contribution in [3.63, 3.8) is 0 Å². The second-order valence-corrected chi connectivity index (χ2v) is 5.43. The molecule has 1 saturated heterocycles. The van der Waals surface area contributed by atoms with Crippen LogP contribution in [0.2, 0.25) is 0 Å². The molecule has 1 N–H and O–H groups in total. The number of hydrogen-bond donors (Lipinski definition) is 1. The van der Waals surface area contributed by atoms with Crippen molar-refractivity contribution in [2.45, 2.75) is 39.3 Å². The van der Waals surface area contributed by atoms with E-state index in [4.69, 9.17) is 0 Å². The Bertz CT molecular complexity index is 470. The van der Waals surface area contributed by atoms with Gasteiger partial charge in [0.2, 0.25) is 0 Å². The number of urea groups is 1. The molecule has 4 nitrogen and oxygen atoms in total. The molecule has 3 amide bonds. The highest BCUT2D eigenvalue weighted by molar-refractivity contribution is 6.04. The second kappa shape index (κ2) is 5.43. The van der Waals surface area contributed by atoms with Crippen molar-refractivity contribution in [2.75, 3.05) is 0 Å². The lowest BCUT2D eigenvalue weighted by Gasteiger charge is -2.22. The van der Waals surface area contributed by atoms with Gasteiger partial charge in [-0.1, -0.05) is 44.2 Å². The van der Waals surface area contributed by atoms with Crippen LogP contribution < -0.4 is 5.32 Å². The van der Waals surface area contributed by atoms with Gasteiger partial charge in [0.15, 0.2) is 0 Å². The van der Waals surface area contributed by atoms with Gasteiger partial charge in [0.25, 0.3) is 5.91 Å². The Kier molecular flexibility index (Phi) is 3.88. The predicted octanol–water partition coefficient (Wildman–Crippen LogP) is 2.71. The first-order chi connectivity index (χ1) is 9.00. The molecule has 0 spiro atoms. The number of imide groups is 1. The van der Waals surface area contributed by atoms with Crippen molar-refractivity contribution in [3.8, 4) is 0 Å². The summed E-state index contributed by atoms with van der Waals surface area (Å²) in [6, 6.07) is 8.72. The molecule has 1 aromatic rings. The highest BCUT2D eigenvalue weighted by Crippen LogP contribution is 2.25. The van der Waals surface area contributed by atoms with Gasteiger partial charge in [0, 0.05) is 0 Å². The van der Waals surface area contributed by atoms with Gasteiger partial charge in [-0.2, -0.15) is 0 Å². The minimum absolute atomic E-state index is 0.116. The third-order valence-corrected chi connectivity index (χ3v) is 3.43. The minimum atomic E-state index is -0.376. The molecule has 2 rings (SSSR count). The first-order valence-electron chi connectivity index (χ1n) is 6.69. The maximum atomic E-state index is 12.3. The van der Waals surface area contributed by atoms with Crippen molar-refractivity contribution in [2.24, 2.45) is 5.92 Å². The van der Waals surface area contributed by atoms with E-state index in [1.807, 2.05) is 51.1 Å². The lowest BCUT2D eigenvalue weighted by atomic mass is 10.0. The second-order valence-electron chi connectivity index (χ2n) is 5.43. The molecule has 0 saturated carbocycles. The summed E-state index contributed by atoms with van der Waals surface area (Å²) in [6.45, 7) is 5.97. The van der Waals surface area contributed by atoms with E-state index < -0.39 is 0 Å². The molecule has 1 fully saturated rings. The van der Waals surface area contributed by atoms with Crippen LogP contribution in [0.25, 0.3) is 0 Å². The van der Waals surface area contributed by atoms with Crippen LogP contribution in [-0.4, -0.2) is 22.9 Å². The fraction of sp³-hybridized carbons (Fsp3) is 0.467. The first kappa shape index (κ1) is 13.6. The summed E-state index contributed by atoms with van der Waals surface area (Å²) < 4.78 is 0. The summed E-state index contributed by atoms with van der Waals surface area (Å²) in [5.74, 6) is 0.260. The van der Waals surface area contributed by atoms with Gasteiger partial charge in [-0.15, -0.1) is 0 Å². The number of carbonyl (C=O) groups is 2. The molecule has 0 aromatic heterocycles. The number of benzene rings is 1. The van der Waals surface area contributed by atoms with Crippen molar-refractivity contribution in [1.29, 1.82) is 0 Å². The van der Waals surface area contributed by atoms with Gasteiger partial charge in [0.1, 0.15) is 6.04 Å². The smallest absolute Gasteiger partial charge is 0.325 e. The van der Waals surface area contributed by atoms with E-state index in [2.05, 4.69) is 5.32 Å². The molecule has 0 radical (unpaired) electrons. The average Bonchev–Trinajstić information content (AvgIpc) is 2.64. The average molecular weight is 260 g/mol. The molecule has 1 aliphatic heterocycles. The Hall–Kier alpha value is -1.84. The molecule has 1 heterocycles. The zero-order chi connectivity index (χ0) is 14.0. The van der Waals surface area contributed by atoms with Gasteiger partial charge < -0.3 is 5.32 Å². The maximum Gasteiger partial charge on any atom is 0.325 e. The highest BCUT2D eigenvalue weighted by atomic mass is 16.2. The number of hydrogen-bond acceptors (Lipinski definition) is 2. The topological polar surface area (TPSA) is 49.4 Å². The Morgan fingerprint density at radius 2 is 1.79 bits per heavy atom. The lowest BCUT2D eigenvalue weighted by Crippen LogP contribution is -2.34. The zero-order valence-corrected chi connectivity index (χ0v) is 11.6. The van der Waals surface area contributed by atoms with Crippen LogP contribution in [0.4, 0.5) is 4.79 Å². The molecule has 19 heavy (non-hydrogen) atoms. The number of nitrogens with one attached hydrogen (secondary N) is 1. The van der Waals surface area contributed by atoms with Crippen LogP contribution in [-0.2, 0) is 4.79 Å². The Morgan fingerprint density at radius 1 is 1.16 bits per heavy atom. The van der Waals surface area contributed by atoms with Crippen LogP contribution in [0.3, 0.4) is 0 Å². The van der Waals surface area contributed by atoms with Gasteiger partial charge in [0.05, 0.1) is 6.04 Å². The fourth-order valence-electron chi connectivity index (χ4n) is 2.43. The van der Waals surface area contributed by atoms with Crippen molar-refractivity contribution >= 4 is 11.9 Å². The van der Waals surface area contributed by atoms with E-state index in [0.717, 1.165) is 5.56 Å². The molecule has 0 unspecified atom stereocenters. The maximum absolute atomic E-state index is 12.3. The minimum Gasteiger partial charge on any atom is -0.326 e. The van der Waals surface area contributed by atoms with E-state index in [-0.39, 0.29) is 24.0 Å². The largest absolute Gasteiger partial charge is 0.326 e. The lowest BCUT2D eigenvalue weighted by molar-refractivity contribution is -0.129. The van der Waals surface area contributed by atoms with Crippen LogP contribution in [0.5, 0.6) is 0 Å². The third kappa shape index (κ3) is 2.78. The normalized spacial score (nSPS) is 20.8. The zero-order valence-electron chi connectivity index (χ0n) is 11.6. The summed E-state index contributed by atoms with van der Waals surface area (Å²) in [5, 5.41) is 2.77. The van der Waals surface area contributed by atoms with E-state index >= 15 is 0 Å². The highest BCUT2D eigenvalue weighted by Gasteiger charge is 2.40. The van der Waals surface area contributed by atoms with Crippen LogP contribution in [0, 0.1) is 5.92 Å². The Balaban J connectivity index is 2.16. The van der Waals surface area contributed by atoms with Crippen LogP contribution >= 0.6 is 0 Å². The molecule has 2 atom stereocenters. The van der Waals surface area contributed by atoms with Gasteiger partial charge in [-0.3, -0.25) is 9.69 Å². The van der Waals surface area contributed by atoms with Gasteiger partial charge in [-0.25, -0.2) is 4.79 Å². The van der Waals surface area contributed by atoms with E-state index in [0.29, 0.717) is 12.3 Å². The van der Waals surface area contributed by atoms with Crippen LogP contribution in [0.15, 0.2) is 30.3 Å². The van der Waals surface area contributed by atoms with E-state index in [1.165, 1.54) is 4.90 Å².